The molecular weight excluding hydrogens is 258 g/mol. The fraction of sp³-hybridized carbons (Fsp3) is 0.500. The molecule has 2 aromatic rings. The van der Waals surface area contributed by atoms with Gasteiger partial charge in [0.15, 0.2) is 0 Å². The summed E-state index contributed by atoms with van der Waals surface area (Å²) in [6.45, 7) is 6.66. The predicted octanol–water partition coefficient (Wildman–Crippen LogP) is 2.70. The van der Waals surface area contributed by atoms with Crippen LogP contribution in [-0.2, 0) is 19.6 Å². The molecule has 0 aliphatic rings. The van der Waals surface area contributed by atoms with Crippen LogP contribution in [0.2, 0.25) is 0 Å². The largest absolute Gasteiger partial charge is 0.465 e. The third-order valence-electron chi connectivity index (χ3n) is 3.12. The lowest BCUT2D eigenvalue weighted by Gasteiger charge is -2.14. The Morgan fingerprint density at radius 1 is 1.37 bits per heavy atom. The van der Waals surface area contributed by atoms with Crippen LogP contribution in [0.3, 0.4) is 0 Å². The number of hydrogen-bond acceptors (Lipinski definition) is 5. The maximum atomic E-state index is 5.79. The fourth-order valence-corrected chi connectivity index (χ4v) is 2.93. The molecule has 0 spiro atoms. The zero-order valence-electron chi connectivity index (χ0n) is 12.0. The van der Waals surface area contributed by atoms with Crippen LogP contribution in [0, 0.1) is 13.8 Å². The highest BCUT2D eigenvalue weighted by Crippen LogP contribution is 2.18. The maximum Gasteiger partial charge on any atom is 0.118 e. The van der Waals surface area contributed by atoms with Crippen LogP contribution >= 0.6 is 11.3 Å². The molecule has 0 fully saturated rings. The van der Waals surface area contributed by atoms with Crippen LogP contribution < -0.4 is 5.32 Å². The number of rotatable bonds is 6. The van der Waals surface area contributed by atoms with E-state index in [1.165, 1.54) is 10.4 Å². The normalized spacial score (nSPS) is 11.4. The Labute approximate surface area is 118 Å². The van der Waals surface area contributed by atoms with E-state index in [0.29, 0.717) is 0 Å². The van der Waals surface area contributed by atoms with Crippen molar-refractivity contribution in [1.29, 1.82) is 0 Å². The molecule has 2 heterocycles. The Kier molecular flexibility index (Phi) is 4.74. The molecule has 0 saturated heterocycles. The molecule has 0 atom stereocenters. The molecule has 0 amide bonds. The first-order chi connectivity index (χ1) is 9.10. The Morgan fingerprint density at radius 2 is 2.16 bits per heavy atom. The smallest absolute Gasteiger partial charge is 0.118 e. The minimum atomic E-state index is 0.821. The van der Waals surface area contributed by atoms with E-state index in [9.17, 15) is 0 Å². The predicted molar refractivity (Wildman–Crippen MR) is 78.2 cm³/mol. The van der Waals surface area contributed by atoms with E-state index in [1.807, 2.05) is 19.5 Å². The van der Waals surface area contributed by atoms with Gasteiger partial charge in [-0.2, -0.15) is 0 Å². The topological polar surface area (TPSA) is 41.3 Å². The number of hydrogen-bond donors (Lipinski definition) is 1. The molecule has 0 aromatic carbocycles. The Hall–Kier alpha value is -1.17. The molecular formula is C14H21N3OS. The van der Waals surface area contributed by atoms with E-state index in [1.54, 1.807) is 11.3 Å². The minimum Gasteiger partial charge on any atom is -0.465 e. The van der Waals surface area contributed by atoms with Gasteiger partial charge in [-0.15, -0.1) is 11.3 Å². The van der Waals surface area contributed by atoms with E-state index in [0.717, 1.165) is 36.8 Å². The summed E-state index contributed by atoms with van der Waals surface area (Å²) in [6, 6.07) is 2.14. The van der Waals surface area contributed by atoms with Crippen LogP contribution in [-0.4, -0.2) is 24.0 Å². The van der Waals surface area contributed by atoms with Crippen molar-refractivity contribution < 1.29 is 4.42 Å². The highest BCUT2D eigenvalue weighted by molar-refractivity contribution is 7.09. The standard InChI is InChI=1S/C14H21N3OS/c1-10-14(19-9-16-10)8-17(4)7-13-5-12(6-15-3)11(2)18-13/h5,9,15H,6-8H2,1-4H3. The summed E-state index contributed by atoms with van der Waals surface area (Å²) in [5, 5.41) is 3.16. The molecule has 1 N–H and O–H groups in total. The molecule has 5 heteroatoms. The first-order valence-electron chi connectivity index (χ1n) is 6.40. The van der Waals surface area contributed by atoms with Gasteiger partial charge in [0.1, 0.15) is 11.5 Å². The summed E-state index contributed by atoms with van der Waals surface area (Å²) in [6.07, 6.45) is 0. The molecule has 2 rings (SSSR count). The summed E-state index contributed by atoms with van der Waals surface area (Å²) in [5.41, 5.74) is 4.27. The van der Waals surface area contributed by atoms with Crippen LogP contribution in [0.25, 0.3) is 0 Å². The quantitative estimate of drug-likeness (QED) is 0.882. The lowest BCUT2D eigenvalue weighted by atomic mass is 10.2. The van der Waals surface area contributed by atoms with Crippen molar-refractivity contribution in [1.82, 2.24) is 15.2 Å². The molecule has 0 unspecified atom stereocenters. The Balaban J connectivity index is 1.97. The Bertz CT molecular complexity index is 533. The van der Waals surface area contributed by atoms with Gasteiger partial charge in [0.25, 0.3) is 0 Å². The molecule has 0 radical (unpaired) electrons. The fourth-order valence-electron chi connectivity index (χ4n) is 2.08. The number of furan rings is 1. The van der Waals surface area contributed by atoms with Gasteiger partial charge in [-0.3, -0.25) is 4.90 Å². The second-order valence-electron chi connectivity index (χ2n) is 4.86. The van der Waals surface area contributed by atoms with Crippen molar-refractivity contribution >= 4 is 11.3 Å². The number of thiazole rings is 1. The third kappa shape index (κ3) is 3.65. The highest BCUT2D eigenvalue weighted by Gasteiger charge is 2.11. The first-order valence-corrected chi connectivity index (χ1v) is 7.28. The van der Waals surface area contributed by atoms with Crippen molar-refractivity contribution in [3.05, 3.63) is 39.2 Å². The number of nitrogens with zero attached hydrogens (tertiary/aromatic N) is 2. The second kappa shape index (κ2) is 6.32. The Morgan fingerprint density at radius 3 is 2.79 bits per heavy atom. The summed E-state index contributed by atoms with van der Waals surface area (Å²) >= 11 is 1.71. The molecule has 0 bridgehead atoms. The van der Waals surface area contributed by atoms with Crippen molar-refractivity contribution in [2.75, 3.05) is 14.1 Å². The zero-order chi connectivity index (χ0) is 13.8. The second-order valence-corrected chi connectivity index (χ2v) is 5.80. The van der Waals surface area contributed by atoms with Gasteiger partial charge < -0.3 is 9.73 Å². The molecule has 104 valence electrons. The number of nitrogens with one attached hydrogen (secondary N) is 1. The van der Waals surface area contributed by atoms with E-state index < -0.39 is 0 Å². The minimum absolute atomic E-state index is 0.821. The first kappa shape index (κ1) is 14.2. The van der Waals surface area contributed by atoms with E-state index >= 15 is 0 Å². The summed E-state index contributed by atoms with van der Waals surface area (Å²) in [4.78, 5) is 7.85. The zero-order valence-corrected chi connectivity index (χ0v) is 12.8. The molecule has 19 heavy (non-hydrogen) atoms. The van der Waals surface area contributed by atoms with E-state index in [4.69, 9.17) is 4.42 Å². The van der Waals surface area contributed by atoms with Crippen molar-refractivity contribution in [2.45, 2.75) is 33.5 Å². The summed E-state index contributed by atoms with van der Waals surface area (Å²) in [7, 11) is 4.06. The van der Waals surface area contributed by atoms with Crippen LogP contribution in [0.4, 0.5) is 0 Å². The van der Waals surface area contributed by atoms with Crippen molar-refractivity contribution in [3.63, 3.8) is 0 Å². The maximum absolute atomic E-state index is 5.79. The number of aryl methyl sites for hydroxylation is 2. The lowest BCUT2D eigenvalue weighted by Crippen LogP contribution is -2.16. The average molecular weight is 279 g/mol. The molecule has 0 aliphatic carbocycles. The monoisotopic (exact) mass is 279 g/mol. The van der Waals surface area contributed by atoms with E-state index in [-0.39, 0.29) is 0 Å². The van der Waals surface area contributed by atoms with Crippen LogP contribution in [0.1, 0.15) is 27.7 Å². The van der Waals surface area contributed by atoms with Crippen molar-refractivity contribution in [2.24, 2.45) is 0 Å². The van der Waals surface area contributed by atoms with Crippen molar-refractivity contribution in [3.8, 4) is 0 Å². The van der Waals surface area contributed by atoms with Gasteiger partial charge in [-0.25, -0.2) is 4.98 Å². The van der Waals surface area contributed by atoms with E-state index in [2.05, 4.69) is 35.2 Å². The third-order valence-corrected chi connectivity index (χ3v) is 4.04. The summed E-state index contributed by atoms with van der Waals surface area (Å²) in [5.74, 6) is 2.03. The van der Waals surface area contributed by atoms with Gasteiger partial charge in [0.2, 0.25) is 0 Å². The average Bonchev–Trinajstić information content (AvgIpc) is 2.88. The molecule has 4 nitrogen and oxygen atoms in total. The van der Waals surface area contributed by atoms with Gasteiger partial charge in [-0.1, -0.05) is 0 Å². The van der Waals surface area contributed by atoms with Crippen LogP contribution in [0.15, 0.2) is 16.0 Å². The SMILES string of the molecule is CNCc1cc(CN(C)Cc2scnc2C)oc1C. The van der Waals surface area contributed by atoms with Gasteiger partial charge >= 0.3 is 0 Å². The number of aromatic nitrogens is 1. The molecule has 2 aromatic heterocycles. The van der Waals surface area contributed by atoms with Gasteiger partial charge in [-0.05, 0) is 34.0 Å². The summed E-state index contributed by atoms with van der Waals surface area (Å²) < 4.78 is 5.79. The molecule has 0 saturated carbocycles. The van der Waals surface area contributed by atoms with Gasteiger partial charge in [0.05, 0.1) is 17.7 Å². The lowest BCUT2D eigenvalue weighted by molar-refractivity contribution is 0.286. The highest BCUT2D eigenvalue weighted by atomic mass is 32.1. The van der Waals surface area contributed by atoms with Crippen LogP contribution in [0.5, 0.6) is 0 Å². The molecule has 0 aliphatic heterocycles. The van der Waals surface area contributed by atoms with Gasteiger partial charge in [0, 0.05) is 23.5 Å².